The quantitative estimate of drug-likeness (QED) is 0.434. The van der Waals surface area contributed by atoms with Gasteiger partial charge in [-0.25, -0.2) is 0 Å². The van der Waals surface area contributed by atoms with E-state index in [0.29, 0.717) is 0 Å². The van der Waals surface area contributed by atoms with E-state index in [-0.39, 0.29) is 0 Å². The minimum atomic E-state index is 1.34. The van der Waals surface area contributed by atoms with Crippen molar-refractivity contribution in [1.82, 2.24) is 0 Å². The molecule has 0 aliphatic heterocycles. The van der Waals surface area contributed by atoms with E-state index in [9.17, 15) is 0 Å². The third kappa shape index (κ3) is 4.60. The van der Waals surface area contributed by atoms with Gasteiger partial charge >= 0.3 is 42.6 Å². The summed E-state index contributed by atoms with van der Waals surface area (Å²) in [6.07, 6.45) is 2.73. The maximum absolute atomic E-state index is 2.21. The molecular formula is C4H9Li. The molecule has 0 aromatic heterocycles. The van der Waals surface area contributed by atoms with Gasteiger partial charge in [0.25, 0.3) is 0 Å². The molecule has 26 valence electrons. The molecule has 0 amide bonds. The summed E-state index contributed by atoms with van der Waals surface area (Å²) in [6, 6.07) is 0. The van der Waals surface area contributed by atoms with Crippen molar-refractivity contribution in [1.29, 1.82) is 0 Å². The Morgan fingerprint density at radius 2 is 2.20 bits per heavy atom. The number of rotatable bonds is 2. The van der Waals surface area contributed by atoms with Crippen LogP contribution >= 0.6 is 0 Å². The van der Waals surface area contributed by atoms with Crippen LogP contribution < -0.4 is 0 Å². The predicted molar refractivity (Wildman–Crippen MR) is 25.5 cm³/mol. The van der Waals surface area contributed by atoms with Crippen LogP contribution in [0, 0.1) is 0 Å². The summed E-state index contributed by atoms with van der Waals surface area (Å²) in [4.78, 5) is 0. The molecule has 0 saturated carbocycles. The van der Waals surface area contributed by atoms with Crippen molar-refractivity contribution in [2.45, 2.75) is 24.9 Å². The Morgan fingerprint density at radius 1 is 1.60 bits per heavy atom. The first kappa shape index (κ1) is 5.60. The molecule has 0 unspecified atom stereocenters. The van der Waals surface area contributed by atoms with Gasteiger partial charge in [0.05, 0.1) is 0 Å². The van der Waals surface area contributed by atoms with Crippen LogP contribution in [-0.4, -0.2) is 17.7 Å². The molecule has 1 heteroatoms. The van der Waals surface area contributed by atoms with Crippen molar-refractivity contribution in [2.24, 2.45) is 0 Å². The molecule has 0 rings (SSSR count). The molecule has 0 atom stereocenters. The van der Waals surface area contributed by atoms with E-state index >= 15 is 0 Å². The van der Waals surface area contributed by atoms with Crippen LogP contribution in [-0.2, 0) is 0 Å². The summed E-state index contributed by atoms with van der Waals surface area (Å²) >= 11 is 2.21. The summed E-state index contributed by atoms with van der Waals surface area (Å²) in [5.41, 5.74) is 0. The topological polar surface area (TPSA) is 0 Å². The molecular weight excluding hydrogens is 65.0 g/mol. The van der Waals surface area contributed by atoms with Gasteiger partial charge in [0, 0.05) is 0 Å². The van der Waals surface area contributed by atoms with Gasteiger partial charge in [-0.2, -0.15) is 0 Å². The maximum atomic E-state index is 2.21. The molecule has 0 spiro atoms. The Balaban J connectivity index is 2.19. The average Bonchev–Trinajstić information content (AvgIpc) is 1.41. The Bertz CT molecular complexity index is 11.1. The van der Waals surface area contributed by atoms with Crippen LogP contribution in [0.15, 0.2) is 0 Å². The van der Waals surface area contributed by atoms with Gasteiger partial charge in [0.2, 0.25) is 0 Å². The van der Waals surface area contributed by atoms with E-state index in [0.717, 1.165) is 0 Å². The summed E-state index contributed by atoms with van der Waals surface area (Å²) in [5, 5.41) is 1.34. The fourth-order valence-corrected chi connectivity index (χ4v) is 0.354. The third-order valence-electron chi connectivity index (χ3n) is 0.707. The fraction of sp³-hybridized carbons (Fsp3) is 1.00. The molecule has 0 aromatic carbocycles. The summed E-state index contributed by atoms with van der Waals surface area (Å²) in [5.74, 6) is 0. The fourth-order valence-electron chi connectivity index (χ4n) is 0.354. The van der Waals surface area contributed by atoms with Crippen molar-refractivity contribution >= 4 is 17.7 Å². The van der Waals surface area contributed by atoms with Crippen LogP contribution in [0.3, 0.4) is 0 Å². The van der Waals surface area contributed by atoms with Crippen LogP contribution in [0.2, 0.25) is 5.09 Å². The second-order valence-corrected chi connectivity index (χ2v) is 1.35. The number of hydrogen-bond donors (Lipinski definition) is 0. The Kier molecular flexibility index (Phi) is 5.15. The molecule has 0 aromatic rings. The Labute approximate surface area is 43.2 Å². The van der Waals surface area contributed by atoms with Gasteiger partial charge in [0.1, 0.15) is 0 Å². The van der Waals surface area contributed by atoms with E-state index in [1.807, 2.05) is 0 Å². The zero-order valence-corrected chi connectivity index (χ0v) is 4.12. The van der Waals surface area contributed by atoms with Crippen LogP contribution in [0.25, 0.3) is 0 Å². The van der Waals surface area contributed by atoms with Gasteiger partial charge in [-0.05, 0) is 0 Å². The summed E-state index contributed by atoms with van der Waals surface area (Å²) in [7, 11) is 0. The molecule has 0 nitrogen and oxygen atoms in total. The Morgan fingerprint density at radius 3 is 2.20 bits per heavy atom. The molecule has 0 heterocycles. The van der Waals surface area contributed by atoms with Crippen molar-refractivity contribution in [3.63, 3.8) is 0 Å². The molecule has 0 radical (unpaired) electrons. The first-order valence-corrected chi connectivity index (χ1v) is 2.41. The average molecular weight is 74.1 g/mol. The van der Waals surface area contributed by atoms with E-state index in [1.165, 1.54) is 17.9 Å². The van der Waals surface area contributed by atoms with Gasteiger partial charge in [-0.3, -0.25) is 0 Å². The van der Waals surface area contributed by atoms with Crippen molar-refractivity contribution < 1.29 is 0 Å². The van der Waals surface area contributed by atoms with E-state index in [2.05, 4.69) is 24.6 Å². The van der Waals surface area contributed by atoms with Gasteiger partial charge < -0.3 is 0 Å². The van der Waals surface area contributed by atoms with Crippen molar-refractivity contribution in [2.75, 3.05) is 0 Å². The van der Waals surface area contributed by atoms with E-state index < -0.39 is 0 Å². The SMILES string of the molecule is [17Li][CH2]CCC. The number of hydrogen-bond acceptors (Lipinski definition) is 0. The van der Waals surface area contributed by atoms with Gasteiger partial charge in [-0.15, -0.1) is 0 Å². The molecule has 0 aliphatic carbocycles. The summed E-state index contributed by atoms with van der Waals surface area (Å²) < 4.78 is 0. The first-order chi connectivity index (χ1) is 2.41. The second kappa shape index (κ2) is 4.60. The molecule has 0 aliphatic rings. The standard InChI is InChI=1S/C4H9.Li/c1-3-4-2;/h1,3-4H2,2H3;/i;1+10. The molecule has 0 bridgehead atoms. The molecule has 0 fully saturated rings. The molecule has 0 N–H and O–H groups in total. The van der Waals surface area contributed by atoms with Gasteiger partial charge in [-0.1, -0.05) is 0 Å². The summed E-state index contributed by atoms with van der Waals surface area (Å²) in [6.45, 7) is 2.21. The van der Waals surface area contributed by atoms with Gasteiger partial charge in [0.15, 0.2) is 0 Å². The third-order valence-corrected chi connectivity index (χ3v) is 0.707. The number of unbranched alkanes of at least 4 members (excludes halogenated alkanes) is 1. The van der Waals surface area contributed by atoms with Crippen molar-refractivity contribution in [3.05, 3.63) is 0 Å². The minimum absolute atomic E-state index is 1.34. The first-order valence-electron chi connectivity index (χ1n) is 2.41. The van der Waals surface area contributed by atoms with Crippen LogP contribution in [0.4, 0.5) is 0 Å². The van der Waals surface area contributed by atoms with E-state index in [4.69, 9.17) is 0 Å². The van der Waals surface area contributed by atoms with Crippen LogP contribution in [0.5, 0.6) is 0 Å². The Hall–Kier alpha value is 0.597. The van der Waals surface area contributed by atoms with E-state index in [1.54, 1.807) is 0 Å². The normalized spacial score (nSPS) is 8.60. The zero-order chi connectivity index (χ0) is 4.12. The van der Waals surface area contributed by atoms with Crippen LogP contribution in [0.1, 0.15) is 19.8 Å². The van der Waals surface area contributed by atoms with Crippen molar-refractivity contribution in [3.8, 4) is 0 Å². The zero-order valence-electron chi connectivity index (χ0n) is 4.12. The monoisotopic (exact) mass is 74.1 g/mol. The molecule has 0 saturated heterocycles. The predicted octanol–water partition coefficient (Wildman–Crippen LogP) is 1.37. The second-order valence-electron chi connectivity index (χ2n) is 1.35. The molecule has 5 heavy (non-hydrogen) atoms.